The van der Waals surface area contributed by atoms with Gasteiger partial charge in [0.05, 0.1) is 12.1 Å². The van der Waals surface area contributed by atoms with Crippen molar-refractivity contribution in [1.29, 1.82) is 0 Å². The van der Waals surface area contributed by atoms with E-state index in [0.29, 0.717) is 12.1 Å². The quantitative estimate of drug-likeness (QED) is 0.722. The van der Waals surface area contributed by atoms with Crippen molar-refractivity contribution in [3.63, 3.8) is 0 Å². The molecule has 0 radical (unpaired) electrons. The van der Waals surface area contributed by atoms with Gasteiger partial charge in [-0.25, -0.2) is 8.78 Å². The summed E-state index contributed by atoms with van der Waals surface area (Å²) in [6, 6.07) is 6.07. The van der Waals surface area contributed by atoms with Crippen LogP contribution in [0.3, 0.4) is 0 Å². The SMILES string of the molecule is OC(CN(Cc1cccc(C(F)(F)F)c1)c1ccc(F)c(F)c1)C(F)(F)F. The Balaban J connectivity index is 2.36. The molecule has 0 saturated carbocycles. The first-order chi connectivity index (χ1) is 12.4. The summed E-state index contributed by atoms with van der Waals surface area (Å²) in [6.45, 7) is -1.58. The number of alkyl halides is 6. The summed E-state index contributed by atoms with van der Waals surface area (Å²) in [4.78, 5) is 0.816. The number of halogens is 8. The molecule has 2 aromatic rings. The van der Waals surface area contributed by atoms with Crippen LogP contribution in [0, 0.1) is 11.6 Å². The average molecular weight is 399 g/mol. The minimum Gasteiger partial charge on any atom is -0.382 e. The molecular formula is C17H13F8NO. The van der Waals surface area contributed by atoms with E-state index in [9.17, 15) is 40.2 Å². The van der Waals surface area contributed by atoms with Crippen molar-refractivity contribution in [2.45, 2.75) is 25.0 Å². The molecule has 0 bridgehead atoms. The van der Waals surface area contributed by atoms with Crippen LogP contribution in [0.15, 0.2) is 42.5 Å². The van der Waals surface area contributed by atoms with Gasteiger partial charge < -0.3 is 10.0 Å². The van der Waals surface area contributed by atoms with Gasteiger partial charge >= 0.3 is 12.4 Å². The highest BCUT2D eigenvalue weighted by molar-refractivity contribution is 5.48. The molecule has 2 nitrogen and oxygen atoms in total. The molecule has 2 rings (SSSR count). The second-order valence-corrected chi connectivity index (χ2v) is 5.73. The van der Waals surface area contributed by atoms with Crippen LogP contribution in [0.1, 0.15) is 11.1 Å². The second-order valence-electron chi connectivity index (χ2n) is 5.73. The van der Waals surface area contributed by atoms with Gasteiger partial charge in [0, 0.05) is 18.3 Å². The molecule has 2 aromatic carbocycles. The van der Waals surface area contributed by atoms with Crippen molar-refractivity contribution in [3.8, 4) is 0 Å². The molecule has 0 aliphatic heterocycles. The Kier molecular flexibility index (Phi) is 5.98. The minimum atomic E-state index is -5.00. The molecule has 1 unspecified atom stereocenters. The average Bonchev–Trinajstić information content (AvgIpc) is 2.55. The highest BCUT2D eigenvalue weighted by Gasteiger charge is 2.39. The maximum atomic E-state index is 13.4. The lowest BCUT2D eigenvalue weighted by atomic mass is 10.1. The van der Waals surface area contributed by atoms with Crippen LogP contribution in [0.25, 0.3) is 0 Å². The van der Waals surface area contributed by atoms with Crippen molar-refractivity contribution in [3.05, 3.63) is 65.2 Å². The van der Waals surface area contributed by atoms with Crippen molar-refractivity contribution in [2.75, 3.05) is 11.4 Å². The first kappa shape index (κ1) is 20.9. The molecule has 0 aromatic heterocycles. The largest absolute Gasteiger partial charge is 0.416 e. The van der Waals surface area contributed by atoms with E-state index in [1.54, 1.807) is 0 Å². The van der Waals surface area contributed by atoms with Gasteiger partial charge in [-0.3, -0.25) is 0 Å². The Morgan fingerprint density at radius 3 is 2.11 bits per heavy atom. The Bertz CT molecular complexity index is 787. The van der Waals surface area contributed by atoms with Crippen molar-refractivity contribution in [1.82, 2.24) is 0 Å². The number of hydrogen-bond donors (Lipinski definition) is 1. The van der Waals surface area contributed by atoms with Gasteiger partial charge in [-0.15, -0.1) is 0 Å². The highest BCUT2D eigenvalue weighted by atomic mass is 19.4. The summed E-state index contributed by atoms with van der Waals surface area (Å²) in [6.07, 6.45) is -12.5. The van der Waals surface area contributed by atoms with Crippen molar-refractivity contribution >= 4 is 5.69 Å². The summed E-state index contributed by atoms with van der Waals surface area (Å²) < 4.78 is 103. The Labute approximate surface area is 148 Å². The Hall–Kier alpha value is -2.36. The van der Waals surface area contributed by atoms with E-state index in [4.69, 9.17) is 0 Å². The summed E-state index contributed by atoms with van der Waals surface area (Å²) in [5.41, 5.74) is -1.26. The molecule has 0 amide bonds. The van der Waals surface area contributed by atoms with Crippen LogP contribution >= 0.6 is 0 Å². The van der Waals surface area contributed by atoms with Crippen molar-refractivity contribution < 1.29 is 40.2 Å². The van der Waals surface area contributed by atoms with Crippen LogP contribution in [-0.2, 0) is 12.7 Å². The molecule has 0 aliphatic carbocycles. The van der Waals surface area contributed by atoms with Crippen LogP contribution < -0.4 is 4.90 Å². The zero-order valence-corrected chi connectivity index (χ0v) is 13.5. The fourth-order valence-corrected chi connectivity index (χ4v) is 2.32. The number of anilines is 1. The third-order valence-electron chi connectivity index (χ3n) is 3.67. The lowest BCUT2D eigenvalue weighted by Gasteiger charge is -2.28. The number of nitrogens with zero attached hydrogens (tertiary/aromatic N) is 1. The van der Waals surface area contributed by atoms with Crippen molar-refractivity contribution in [2.24, 2.45) is 0 Å². The van der Waals surface area contributed by atoms with Gasteiger partial charge in [0.1, 0.15) is 0 Å². The molecular weight excluding hydrogens is 386 g/mol. The van der Waals surface area contributed by atoms with Gasteiger partial charge in [0.25, 0.3) is 0 Å². The fourth-order valence-electron chi connectivity index (χ4n) is 2.32. The minimum absolute atomic E-state index is 0.0241. The molecule has 1 N–H and O–H groups in total. The normalized spacial score (nSPS) is 13.5. The van der Waals surface area contributed by atoms with Crippen LogP contribution in [0.2, 0.25) is 0 Å². The molecule has 0 fully saturated rings. The molecule has 0 saturated heterocycles. The van der Waals surface area contributed by atoms with E-state index in [1.807, 2.05) is 0 Å². The lowest BCUT2D eigenvalue weighted by Crippen LogP contribution is -2.41. The molecule has 27 heavy (non-hydrogen) atoms. The molecule has 0 heterocycles. The summed E-state index contributed by atoms with van der Waals surface area (Å²) in [5.74, 6) is -2.59. The zero-order chi connectivity index (χ0) is 20.4. The number of aliphatic hydroxyl groups is 1. The molecule has 1 atom stereocenters. The molecule has 10 heteroatoms. The van der Waals surface area contributed by atoms with E-state index >= 15 is 0 Å². The van der Waals surface area contributed by atoms with E-state index in [-0.39, 0.29) is 11.3 Å². The fraction of sp³-hybridized carbons (Fsp3) is 0.294. The number of rotatable bonds is 5. The molecule has 148 valence electrons. The summed E-state index contributed by atoms with van der Waals surface area (Å²) in [7, 11) is 0. The van der Waals surface area contributed by atoms with Crippen LogP contribution in [-0.4, -0.2) is 23.9 Å². The van der Waals surface area contributed by atoms with Crippen LogP contribution in [0.4, 0.5) is 40.8 Å². The molecule has 0 aliphatic rings. The number of aliphatic hydroxyl groups excluding tert-OH is 1. The summed E-state index contributed by atoms with van der Waals surface area (Å²) in [5, 5.41) is 9.29. The third kappa shape index (κ3) is 5.56. The monoisotopic (exact) mass is 399 g/mol. The highest BCUT2D eigenvalue weighted by Crippen LogP contribution is 2.31. The number of hydrogen-bond acceptors (Lipinski definition) is 2. The number of benzene rings is 2. The van der Waals surface area contributed by atoms with Gasteiger partial charge in [0.2, 0.25) is 0 Å². The lowest BCUT2D eigenvalue weighted by molar-refractivity contribution is -0.200. The Morgan fingerprint density at radius 2 is 1.56 bits per heavy atom. The van der Waals surface area contributed by atoms with E-state index in [2.05, 4.69) is 0 Å². The van der Waals surface area contributed by atoms with Gasteiger partial charge in [-0.05, 0) is 29.8 Å². The zero-order valence-electron chi connectivity index (χ0n) is 13.5. The van der Waals surface area contributed by atoms with E-state index in [0.717, 1.165) is 29.2 Å². The van der Waals surface area contributed by atoms with Gasteiger partial charge in [-0.2, -0.15) is 26.3 Å². The predicted octanol–water partition coefficient (Wildman–Crippen LogP) is 4.91. The second kappa shape index (κ2) is 7.71. The summed E-state index contributed by atoms with van der Waals surface area (Å²) >= 11 is 0. The van der Waals surface area contributed by atoms with Gasteiger partial charge in [0.15, 0.2) is 17.7 Å². The first-order valence-corrected chi connectivity index (χ1v) is 7.49. The maximum absolute atomic E-state index is 13.4. The predicted molar refractivity (Wildman–Crippen MR) is 80.9 cm³/mol. The topological polar surface area (TPSA) is 23.5 Å². The van der Waals surface area contributed by atoms with Gasteiger partial charge in [-0.1, -0.05) is 12.1 Å². The van der Waals surface area contributed by atoms with E-state index in [1.165, 1.54) is 6.07 Å². The maximum Gasteiger partial charge on any atom is 0.416 e. The standard InChI is InChI=1S/C17H13F8NO/c18-13-5-4-12(7-14(13)19)26(9-15(27)17(23,24)25)8-10-2-1-3-11(6-10)16(20,21)22/h1-7,15,27H,8-9H2. The Morgan fingerprint density at radius 1 is 0.889 bits per heavy atom. The molecule has 0 spiro atoms. The third-order valence-corrected chi connectivity index (χ3v) is 3.67. The smallest absolute Gasteiger partial charge is 0.382 e. The van der Waals surface area contributed by atoms with Crippen LogP contribution in [0.5, 0.6) is 0 Å². The first-order valence-electron chi connectivity index (χ1n) is 7.49. The van der Waals surface area contributed by atoms with E-state index < -0.39 is 48.7 Å².